The molecule has 1 amide bonds. The number of halogens is 4. The van der Waals surface area contributed by atoms with Crippen molar-refractivity contribution in [2.75, 3.05) is 13.2 Å². The summed E-state index contributed by atoms with van der Waals surface area (Å²) in [7, 11) is 0. The Balaban J connectivity index is 1.51. The van der Waals surface area contributed by atoms with Crippen LogP contribution in [0.15, 0.2) is 36.8 Å². The number of nitrogens with zero attached hydrogens (tertiary/aromatic N) is 3. The number of hydrogen-bond acceptors (Lipinski definition) is 5. The Bertz CT molecular complexity index is 1220. The summed E-state index contributed by atoms with van der Waals surface area (Å²) in [4.78, 5) is 17.6. The number of alkyl halides is 3. The van der Waals surface area contributed by atoms with Gasteiger partial charge in [-0.15, -0.1) is 0 Å². The van der Waals surface area contributed by atoms with Crippen LogP contribution in [0.5, 0.6) is 0 Å². The fourth-order valence-corrected chi connectivity index (χ4v) is 4.26. The van der Waals surface area contributed by atoms with Crippen LogP contribution in [0.25, 0.3) is 5.65 Å². The number of benzene rings is 1. The molecule has 1 aliphatic carbocycles. The van der Waals surface area contributed by atoms with Crippen molar-refractivity contribution in [3.05, 3.63) is 64.9 Å². The van der Waals surface area contributed by atoms with Gasteiger partial charge in [-0.25, -0.2) is 13.9 Å². The van der Waals surface area contributed by atoms with Gasteiger partial charge in [-0.05, 0) is 36.5 Å². The monoisotopic (exact) mass is 464 g/mol. The van der Waals surface area contributed by atoms with Gasteiger partial charge in [0.1, 0.15) is 17.5 Å². The molecule has 5 rings (SSSR count). The minimum Gasteiger partial charge on any atom is -0.388 e. The first-order valence-electron chi connectivity index (χ1n) is 10.5. The topological polar surface area (TPSA) is 88.8 Å². The highest BCUT2D eigenvalue weighted by Crippen LogP contribution is 2.40. The highest BCUT2D eigenvalue weighted by molar-refractivity contribution is 6.00. The number of carbonyl (C=O) groups excluding carboxylic acids is 1. The van der Waals surface area contributed by atoms with E-state index in [9.17, 15) is 27.5 Å². The van der Waals surface area contributed by atoms with Gasteiger partial charge in [-0.2, -0.15) is 18.3 Å². The molecule has 1 unspecified atom stereocenters. The molecular formula is C22H20F4N4O3. The lowest BCUT2D eigenvalue weighted by Crippen LogP contribution is -2.58. The largest absolute Gasteiger partial charge is 0.416 e. The fraction of sp³-hybridized carbons (Fsp3) is 0.409. The second kappa shape index (κ2) is 7.77. The van der Waals surface area contributed by atoms with E-state index in [0.717, 1.165) is 30.5 Å². The number of fused-ring (bicyclic) bond motifs is 1. The van der Waals surface area contributed by atoms with Gasteiger partial charge >= 0.3 is 6.18 Å². The molecule has 1 aromatic carbocycles. The maximum absolute atomic E-state index is 14.9. The maximum Gasteiger partial charge on any atom is 0.416 e. The normalized spacial score (nSPS) is 23.6. The molecule has 33 heavy (non-hydrogen) atoms. The number of carbonyl (C=O) groups is 1. The summed E-state index contributed by atoms with van der Waals surface area (Å²) in [5.41, 5.74) is -1.71. The first kappa shape index (κ1) is 21.8. The van der Waals surface area contributed by atoms with E-state index in [1.54, 1.807) is 12.4 Å². The summed E-state index contributed by atoms with van der Waals surface area (Å²) in [6.07, 6.45) is 0.777. The van der Waals surface area contributed by atoms with E-state index in [1.807, 2.05) is 0 Å². The van der Waals surface area contributed by atoms with Gasteiger partial charge < -0.3 is 15.2 Å². The first-order chi connectivity index (χ1) is 15.7. The summed E-state index contributed by atoms with van der Waals surface area (Å²) in [6.45, 7) is -0.159. The molecule has 0 spiro atoms. The highest BCUT2D eigenvalue weighted by atomic mass is 19.4. The molecule has 3 heterocycles. The number of aliphatic hydroxyl groups is 1. The van der Waals surface area contributed by atoms with Crippen LogP contribution < -0.4 is 5.32 Å². The summed E-state index contributed by atoms with van der Waals surface area (Å²) in [6, 6.07) is 2.04. The van der Waals surface area contributed by atoms with Crippen molar-refractivity contribution in [3.8, 4) is 0 Å². The summed E-state index contributed by atoms with van der Waals surface area (Å²) in [5.74, 6) is -1.43. The molecule has 2 fully saturated rings. The lowest BCUT2D eigenvalue weighted by Gasteiger charge is -2.42. The van der Waals surface area contributed by atoms with Crippen molar-refractivity contribution in [2.45, 2.75) is 43.0 Å². The van der Waals surface area contributed by atoms with E-state index in [-0.39, 0.29) is 36.4 Å². The zero-order valence-corrected chi connectivity index (χ0v) is 17.3. The zero-order valence-electron chi connectivity index (χ0n) is 17.3. The van der Waals surface area contributed by atoms with Crippen molar-refractivity contribution >= 4 is 11.6 Å². The maximum atomic E-state index is 14.9. The van der Waals surface area contributed by atoms with Crippen LogP contribution in [0.2, 0.25) is 0 Å². The van der Waals surface area contributed by atoms with Crippen molar-refractivity contribution in [1.29, 1.82) is 0 Å². The van der Waals surface area contributed by atoms with Crippen molar-refractivity contribution < 1.29 is 32.2 Å². The van der Waals surface area contributed by atoms with E-state index < -0.39 is 35.1 Å². The molecule has 2 atom stereocenters. The van der Waals surface area contributed by atoms with Crippen LogP contribution >= 0.6 is 0 Å². The lowest BCUT2D eigenvalue weighted by molar-refractivity contribution is -0.137. The molecule has 1 saturated heterocycles. The minimum atomic E-state index is -4.73. The predicted octanol–water partition coefficient (Wildman–Crippen LogP) is 3.17. The van der Waals surface area contributed by atoms with Crippen LogP contribution in [0.1, 0.15) is 52.2 Å². The smallest absolute Gasteiger partial charge is 0.388 e. The van der Waals surface area contributed by atoms with Gasteiger partial charge in [0.15, 0.2) is 5.65 Å². The number of hydrogen-bond donors (Lipinski definition) is 2. The molecule has 0 bridgehead atoms. The Labute approximate surface area is 185 Å². The second-order valence-corrected chi connectivity index (χ2v) is 8.45. The van der Waals surface area contributed by atoms with E-state index in [1.165, 1.54) is 10.7 Å². The summed E-state index contributed by atoms with van der Waals surface area (Å²) < 4.78 is 60.7. The van der Waals surface area contributed by atoms with Crippen LogP contribution in [-0.4, -0.2) is 44.9 Å². The molecule has 1 aliphatic heterocycles. The molecule has 3 aromatic rings. The van der Waals surface area contributed by atoms with Gasteiger partial charge in [0.05, 0.1) is 23.9 Å². The third-order valence-electron chi connectivity index (χ3n) is 6.27. The molecule has 2 aliphatic rings. The number of nitrogens with one attached hydrogen (secondary N) is 1. The molecule has 2 N–H and O–H groups in total. The molecular weight excluding hydrogens is 444 g/mol. The van der Waals surface area contributed by atoms with Crippen molar-refractivity contribution in [2.24, 2.45) is 0 Å². The number of amides is 1. The standard InChI is InChI=1S/C22H20F4N4O3/c23-17-7-14(22(24,25)26)3-4-16(17)21(5-6-33-11-18(21)31)29-20(32)15-9-28-30-10-13(12-1-2-12)8-27-19(15)30/h3-4,7-10,12,18,31H,1-2,5-6,11H2,(H,29,32)/t18?,21-/m1/s1. The third-order valence-corrected chi connectivity index (χ3v) is 6.27. The van der Waals surface area contributed by atoms with Crippen molar-refractivity contribution in [1.82, 2.24) is 19.9 Å². The van der Waals surface area contributed by atoms with Gasteiger partial charge in [0.2, 0.25) is 0 Å². The Morgan fingerprint density at radius 1 is 1.27 bits per heavy atom. The molecule has 2 aromatic heterocycles. The third kappa shape index (κ3) is 3.84. The zero-order chi connectivity index (χ0) is 23.4. The average Bonchev–Trinajstić information content (AvgIpc) is 3.53. The van der Waals surface area contributed by atoms with E-state index in [2.05, 4.69) is 15.4 Å². The number of ether oxygens (including phenoxy) is 1. The lowest BCUT2D eigenvalue weighted by atomic mass is 9.79. The van der Waals surface area contributed by atoms with Gasteiger partial charge in [-0.3, -0.25) is 4.79 Å². The van der Waals surface area contributed by atoms with E-state index >= 15 is 0 Å². The van der Waals surface area contributed by atoms with Gasteiger partial charge in [-0.1, -0.05) is 6.07 Å². The molecule has 1 saturated carbocycles. The number of rotatable bonds is 4. The van der Waals surface area contributed by atoms with Crippen LogP contribution in [-0.2, 0) is 16.5 Å². The quantitative estimate of drug-likeness (QED) is 0.579. The first-order valence-corrected chi connectivity index (χ1v) is 10.5. The number of aromatic nitrogens is 3. The molecule has 7 nitrogen and oxygen atoms in total. The Kier molecular flexibility index (Phi) is 5.13. The van der Waals surface area contributed by atoms with Crippen LogP contribution in [0, 0.1) is 5.82 Å². The second-order valence-electron chi connectivity index (χ2n) is 8.45. The van der Waals surface area contributed by atoms with Gasteiger partial charge in [0.25, 0.3) is 5.91 Å². The summed E-state index contributed by atoms with van der Waals surface area (Å²) in [5, 5.41) is 17.6. The van der Waals surface area contributed by atoms with Crippen LogP contribution in [0.3, 0.4) is 0 Å². The molecule has 0 radical (unpaired) electrons. The predicted molar refractivity (Wildman–Crippen MR) is 107 cm³/mol. The molecule has 174 valence electrons. The van der Waals surface area contributed by atoms with Gasteiger partial charge in [0, 0.05) is 31.0 Å². The Hall–Kier alpha value is -3.05. The average molecular weight is 464 g/mol. The SMILES string of the molecule is O=C(N[C@@]1(c2ccc(C(F)(F)F)cc2F)CCOCC1O)c1cnn2cc(C3CC3)cnc12. The Morgan fingerprint density at radius 2 is 2.06 bits per heavy atom. The fourth-order valence-electron chi connectivity index (χ4n) is 4.26. The highest BCUT2D eigenvalue weighted by Gasteiger charge is 2.46. The van der Waals surface area contributed by atoms with E-state index in [4.69, 9.17) is 4.74 Å². The number of aliphatic hydroxyl groups excluding tert-OH is 1. The minimum absolute atomic E-state index is 0.0410. The van der Waals surface area contributed by atoms with Crippen molar-refractivity contribution in [3.63, 3.8) is 0 Å². The van der Waals surface area contributed by atoms with E-state index in [0.29, 0.717) is 12.0 Å². The van der Waals surface area contributed by atoms with Crippen LogP contribution in [0.4, 0.5) is 17.6 Å². The molecule has 11 heteroatoms. The summed E-state index contributed by atoms with van der Waals surface area (Å²) >= 11 is 0. The Morgan fingerprint density at radius 3 is 2.73 bits per heavy atom.